The maximum absolute atomic E-state index is 14.3. The summed E-state index contributed by atoms with van der Waals surface area (Å²) in [7, 11) is 0. The SMILES string of the molecule is C[C@@H](C(=O)N1CCC[C@H]1c1ncc(-c2ccc(C34CCC(c5cnc([C@@H]6CCCN6C(=O)[C@H](NC(=O)OC(C)(C)C)c6ccccc6)o5)(CC3)CC4)cc2)[nH]1)c1ccccc1. The molecule has 3 saturated carbocycles. The summed E-state index contributed by atoms with van der Waals surface area (Å²) in [5.74, 6) is 2.13. The second kappa shape index (κ2) is 16.3. The Morgan fingerprint density at radius 3 is 1.98 bits per heavy atom. The lowest BCUT2D eigenvalue weighted by Crippen LogP contribution is -2.46. The fraction of sp³-hybridized carbons (Fsp3) is 0.460. The maximum Gasteiger partial charge on any atom is 0.408 e. The van der Waals surface area contributed by atoms with E-state index in [1.54, 1.807) is 20.8 Å². The van der Waals surface area contributed by atoms with Crippen molar-refractivity contribution in [3.63, 3.8) is 0 Å². The Hall–Kier alpha value is -5.71. The van der Waals surface area contributed by atoms with Crippen LogP contribution in [0.15, 0.2) is 102 Å². The van der Waals surface area contributed by atoms with Crippen molar-refractivity contribution in [1.29, 1.82) is 0 Å². The first-order valence-electron chi connectivity index (χ1n) is 22.2. The maximum atomic E-state index is 14.3. The van der Waals surface area contributed by atoms with E-state index < -0.39 is 17.7 Å². The Labute approximate surface area is 358 Å². The third-order valence-corrected chi connectivity index (χ3v) is 14.1. The number of alkyl carbamates (subject to hydrolysis) is 1. The minimum atomic E-state index is -0.894. The standard InChI is InChI=1S/C50H58N6O5/c1-33(34-13-7-5-8-14-34)45(57)55-29-11-17-39(55)43-51-31-38(53-43)35-19-21-37(22-20-35)49-23-26-50(27-24-49,28-25-49)41-32-52-44(60-41)40-18-12-30-56(40)46(58)42(36-15-9-6-10-16-36)54-47(59)61-48(2,3)4/h5-10,13-16,19-22,31-33,39-40,42H,11-12,17-18,23-30H2,1-4H3,(H,51,53)(H,54,59)/t33-,39+,40+,42-,49?,50?/m1/s1. The van der Waals surface area contributed by atoms with Crippen molar-refractivity contribution in [2.75, 3.05) is 13.1 Å². The van der Waals surface area contributed by atoms with Crippen molar-refractivity contribution in [3.05, 3.63) is 131 Å². The molecule has 3 aliphatic carbocycles. The molecule has 5 fully saturated rings. The molecule has 11 heteroatoms. The van der Waals surface area contributed by atoms with Crippen LogP contribution in [0.3, 0.4) is 0 Å². The number of likely N-dealkylation sites (tertiary alicyclic amines) is 2. The summed E-state index contributed by atoms with van der Waals surface area (Å²) in [6.45, 7) is 8.72. The van der Waals surface area contributed by atoms with Crippen LogP contribution >= 0.6 is 0 Å². The molecule has 4 heterocycles. The van der Waals surface area contributed by atoms with Gasteiger partial charge in [0.05, 0.1) is 30.0 Å². The summed E-state index contributed by atoms with van der Waals surface area (Å²) in [5, 5.41) is 2.85. The first-order valence-corrected chi connectivity index (χ1v) is 22.2. The van der Waals surface area contributed by atoms with Crippen molar-refractivity contribution in [1.82, 2.24) is 30.1 Å². The van der Waals surface area contributed by atoms with Crippen molar-refractivity contribution < 1.29 is 23.5 Å². The summed E-state index contributed by atoms with van der Waals surface area (Å²) in [6, 6.07) is 27.2. The molecule has 10 rings (SSSR count). The molecule has 3 aromatic carbocycles. The molecular formula is C50H58N6O5. The number of oxazole rings is 1. The highest BCUT2D eigenvalue weighted by atomic mass is 16.6. The summed E-state index contributed by atoms with van der Waals surface area (Å²) in [6.07, 6.45) is 12.9. The molecule has 0 unspecified atom stereocenters. The predicted molar refractivity (Wildman–Crippen MR) is 232 cm³/mol. The third kappa shape index (κ3) is 7.99. The number of ether oxygens (including phenoxy) is 1. The number of imidazole rings is 1. The number of H-pyrrole nitrogens is 1. The molecule has 11 nitrogen and oxygen atoms in total. The molecule has 5 aliphatic rings. The highest BCUT2D eigenvalue weighted by Crippen LogP contribution is 2.59. The van der Waals surface area contributed by atoms with Crippen LogP contribution in [0.5, 0.6) is 0 Å². The fourth-order valence-corrected chi connectivity index (χ4v) is 10.6. The summed E-state index contributed by atoms with van der Waals surface area (Å²) in [5.41, 5.74) is 4.56. The average Bonchev–Trinajstić information content (AvgIpc) is 4.13. The molecule has 2 aliphatic heterocycles. The normalized spacial score (nSPS) is 24.7. The molecule has 0 spiro atoms. The zero-order valence-corrected chi connectivity index (χ0v) is 35.9. The van der Waals surface area contributed by atoms with Gasteiger partial charge >= 0.3 is 6.09 Å². The van der Waals surface area contributed by atoms with E-state index in [-0.39, 0.29) is 40.6 Å². The zero-order valence-electron chi connectivity index (χ0n) is 35.9. The number of aromatic amines is 1. The van der Waals surface area contributed by atoms with E-state index in [2.05, 4.69) is 34.6 Å². The second-order valence-corrected chi connectivity index (χ2v) is 18.9. The lowest BCUT2D eigenvalue weighted by Gasteiger charge is -2.53. The highest BCUT2D eigenvalue weighted by Gasteiger charge is 2.52. The van der Waals surface area contributed by atoms with Gasteiger partial charge in [0.2, 0.25) is 11.8 Å². The van der Waals surface area contributed by atoms with Gasteiger partial charge in [-0.15, -0.1) is 0 Å². The van der Waals surface area contributed by atoms with Gasteiger partial charge in [-0.2, -0.15) is 0 Å². The number of hydrogen-bond donors (Lipinski definition) is 2. The van der Waals surface area contributed by atoms with Gasteiger partial charge in [0.1, 0.15) is 29.3 Å². The number of nitrogens with zero attached hydrogens (tertiary/aromatic N) is 4. The molecule has 4 atom stereocenters. The number of amides is 3. The van der Waals surface area contributed by atoms with Gasteiger partial charge in [-0.25, -0.2) is 14.8 Å². The Morgan fingerprint density at radius 2 is 1.34 bits per heavy atom. The lowest BCUT2D eigenvalue weighted by molar-refractivity contribution is -0.135. The van der Waals surface area contributed by atoms with Crippen molar-refractivity contribution in [3.8, 4) is 11.3 Å². The first-order chi connectivity index (χ1) is 29.4. The second-order valence-electron chi connectivity index (χ2n) is 18.9. The fourth-order valence-electron chi connectivity index (χ4n) is 10.6. The van der Waals surface area contributed by atoms with Gasteiger partial charge in [-0.1, -0.05) is 84.9 Å². The smallest absolute Gasteiger partial charge is 0.408 e. The number of aromatic nitrogens is 3. The number of hydrogen-bond acceptors (Lipinski definition) is 7. The van der Waals surface area contributed by atoms with Crippen molar-refractivity contribution in [2.24, 2.45) is 0 Å². The third-order valence-electron chi connectivity index (χ3n) is 14.1. The summed E-state index contributed by atoms with van der Waals surface area (Å²) in [4.78, 5) is 57.8. The van der Waals surface area contributed by atoms with Gasteiger partial charge in [-0.3, -0.25) is 9.59 Å². The Kier molecular flexibility index (Phi) is 10.9. The van der Waals surface area contributed by atoms with Crippen LogP contribution in [0, 0.1) is 0 Å². The van der Waals surface area contributed by atoms with Crippen LogP contribution in [-0.4, -0.2) is 61.3 Å². The van der Waals surface area contributed by atoms with E-state index >= 15 is 0 Å². The molecular weight excluding hydrogens is 765 g/mol. The number of carbonyl (C=O) groups is 3. The topological polar surface area (TPSA) is 134 Å². The molecule has 2 bridgehead atoms. The minimum absolute atomic E-state index is 0.0459. The Morgan fingerprint density at radius 1 is 0.754 bits per heavy atom. The quantitative estimate of drug-likeness (QED) is 0.143. The number of benzene rings is 3. The largest absolute Gasteiger partial charge is 0.444 e. The van der Waals surface area contributed by atoms with E-state index in [1.165, 1.54) is 5.56 Å². The lowest BCUT2D eigenvalue weighted by atomic mass is 9.51. The van der Waals surface area contributed by atoms with Gasteiger partial charge in [-0.05, 0) is 120 Å². The molecule has 2 aromatic heterocycles. The number of fused-ring (bicyclic) bond motifs is 3. The molecule has 3 amide bonds. The van der Waals surface area contributed by atoms with Gasteiger partial charge < -0.3 is 29.3 Å². The summed E-state index contributed by atoms with van der Waals surface area (Å²) >= 11 is 0. The minimum Gasteiger partial charge on any atom is -0.444 e. The molecule has 2 saturated heterocycles. The van der Waals surface area contributed by atoms with Crippen LogP contribution in [0.2, 0.25) is 0 Å². The van der Waals surface area contributed by atoms with Crippen LogP contribution < -0.4 is 5.32 Å². The zero-order chi connectivity index (χ0) is 42.4. The van der Waals surface area contributed by atoms with Crippen LogP contribution in [0.1, 0.15) is 150 Å². The van der Waals surface area contributed by atoms with E-state index in [0.717, 1.165) is 99.2 Å². The molecule has 2 N–H and O–H groups in total. The monoisotopic (exact) mass is 822 g/mol. The average molecular weight is 823 g/mol. The Bertz CT molecular complexity index is 2320. The molecule has 5 aromatic rings. The van der Waals surface area contributed by atoms with Crippen molar-refractivity contribution >= 4 is 17.9 Å². The van der Waals surface area contributed by atoms with Gasteiger partial charge in [0.25, 0.3) is 5.91 Å². The van der Waals surface area contributed by atoms with E-state index in [1.807, 2.05) is 89.8 Å². The van der Waals surface area contributed by atoms with Crippen LogP contribution in [0.25, 0.3) is 11.3 Å². The van der Waals surface area contributed by atoms with Crippen molar-refractivity contribution in [2.45, 2.75) is 132 Å². The van der Waals surface area contributed by atoms with Gasteiger partial charge in [0.15, 0.2) is 0 Å². The Balaban J connectivity index is 0.848. The number of carbonyl (C=O) groups excluding carboxylic acids is 3. The molecule has 61 heavy (non-hydrogen) atoms. The highest BCUT2D eigenvalue weighted by molar-refractivity contribution is 5.87. The van der Waals surface area contributed by atoms with E-state index in [9.17, 15) is 14.4 Å². The molecule has 318 valence electrons. The van der Waals surface area contributed by atoms with E-state index in [4.69, 9.17) is 19.1 Å². The summed E-state index contributed by atoms with van der Waals surface area (Å²) < 4.78 is 12.2. The van der Waals surface area contributed by atoms with Gasteiger partial charge in [0, 0.05) is 18.5 Å². The predicted octanol–water partition coefficient (Wildman–Crippen LogP) is 10.0. The van der Waals surface area contributed by atoms with Crippen LogP contribution in [-0.2, 0) is 25.2 Å². The number of rotatable bonds is 10. The number of nitrogens with one attached hydrogen (secondary N) is 2. The molecule has 0 radical (unpaired) electrons. The van der Waals surface area contributed by atoms with E-state index in [0.29, 0.717) is 18.0 Å². The first kappa shape index (κ1) is 40.7. The van der Waals surface area contributed by atoms with Crippen LogP contribution in [0.4, 0.5) is 4.79 Å².